The third-order valence-electron chi connectivity index (χ3n) is 3.08. The van der Waals surface area contributed by atoms with Gasteiger partial charge in [-0.15, -0.1) is 0 Å². The van der Waals surface area contributed by atoms with Crippen LogP contribution in [0.4, 0.5) is 0 Å². The van der Waals surface area contributed by atoms with Crippen LogP contribution in [0.15, 0.2) is 42.7 Å². The highest BCUT2D eigenvalue weighted by Gasteiger charge is 2.09. The van der Waals surface area contributed by atoms with Crippen LogP contribution >= 0.6 is 0 Å². The summed E-state index contributed by atoms with van der Waals surface area (Å²) >= 11 is 0. The SMILES string of the molecule is NCCc1ccccc1C(=O)NCCCn1cccn1. The van der Waals surface area contributed by atoms with E-state index in [0.29, 0.717) is 13.1 Å². The summed E-state index contributed by atoms with van der Waals surface area (Å²) in [5, 5.41) is 7.06. The first-order chi connectivity index (χ1) is 9.81. The van der Waals surface area contributed by atoms with Gasteiger partial charge in [0.05, 0.1) is 0 Å². The van der Waals surface area contributed by atoms with Gasteiger partial charge in [0.1, 0.15) is 0 Å². The number of nitrogens with two attached hydrogens (primary N) is 1. The lowest BCUT2D eigenvalue weighted by Gasteiger charge is -2.09. The number of nitrogens with zero attached hydrogens (tertiary/aromatic N) is 2. The second-order valence-corrected chi connectivity index (χ2v) is 4.57. The molecular weight excluding hydrogens is 252 g/mol. The molecule has 106 valence electrons. The average molecular weight is 272 g/mol. The molecule has 0 aliphatic rings. The Morgan fingerprint density at radius 3 is 2.90 bits per heavy atom. The van der Waals surface area contributed by atoms with Gasteiger partial charge < -0.3 is 11.1 Å². The maximum Gasteiger partial charge on any atom is 0.251 e. The molecule has 2 rings (SSSR count). The van der Waals surface area contributed by atoms with Gasteiger partial charge >= 0.3 is 0 Å². The third-order valence-corrected chi connectivity index (χ3v) is 3.08. The van der Waals surface area contributed by atoms with Crippen molar-refractivity contribution in [3.63, 3.8) is 0 Å². The van der Waals surface area contributed by atoms with Gasteiger partial charge in [-0.25, -0.2) is 0 Å². The lowest BCUT2D eigenvalue weighted by Crippen LogP contribution is -2.26. The van der Waals surface area contributed by atoms with Gasteiger partial charge in [0.25, 0.3) is 5.91 Å². The Morgan fingerprint density at radius 2 is 2.15 bits per heavy atom. The number of amides is 1. The molecular formula is C15H20N4O. The predicted molar refractivity (Wildman–Crippen MR) is 78.4 cm³/mol. The number of rotatable bonds is 7. The van der Waals surface area contributed by atoms with Crippen LogP contribution in [0.2, 0.25) is 0 Å². The maximum atomic E-state index is 12.1. The van der Waals surface area contributed by atoms with E-state index in [0.717, 1.165) is 30.5 Å². The summed E-state index contributed by atoms with van der Waals surface area (Å²) in [5.74, 6) is -0.0329. The van der Waals surface area contributed by atoms with E-state index < -0.39 is 0 Å². The first-order valence-corrected chi connectivity index (χ1v) is 6.85. The van der Waals surface area contributed by atoms with Crippen LogP contribution in [-0.2, 0) is 13.0 Å². The molecule has 0 bridgehead atoms. The Labute approximate surface area is 118 Å². The molecule has 0 radical (unpaired) electrons. The fraction of sp³-hybridized carbons (Fsp3) is 0.333. The zero-order valence-electron chi connectivity index (χ0n) is 11.5. The highest BCUT2D eigenvalue weighted by Crippen LogP contribution is 2.09. The van der Waals surface area contributed by atoms with Crippen LogP contribution in [-0.4, -0.2) is 28.8 Å². The lowest BCUT2D eigenvalue weighted by molar-refractivity contribution is 0.0951. The van der Waals surface area contributed by atoms with Crippen molar-refractivity contribution < 1.29 is 4.79 Å². The Hall–Kier alpha value is -2.14. The molecule has 0 fully saturated rings. The first-order valence-electron chi connectivity index (χ1n) is 6.85. The van der Waals surface area contributed by atoms with E-state index in [-0.39, 0.29) is 5.91 Å². The summed E-state index contributed by atoms with van der Waals surface area (Å²) in [6.45, 7) is 1.98. The van der Waals surface area contributed by atoms with Crippen molar-refractivity contribution in [1.82, 2.24) is 15.1 Å². The third kappa shape index (κ3) is 3.93. The molecule has 5 heteroatoms. The number of benzene rings is 1. The van der Waals surface area contributed by atoms with Gasteiger partial charge in [-0.05, 0) is 37.1 Å². The van der Waals surface area contributed by atoms with Gasteiger partial charge in [0, 0.05) is 31.0 Å². The average Bonchev–Trinajstić information content (AvgIpc) is 2.97. The molecule has 20 heavy (non-hydrogen) atoms. The number of carbonyl (C=O) groups is 1. The van der Waals surface area contributed by atoms with E-state index in [1.165, 1.54) is 0 Å². The first kappa shape index (κ1) is 14.3. The van der Waals surface area contributed by atoms with Crippen molar-refractivity contribution in [2.75, 3.05) is 13.1 Å². The van der Waals surface area contributed by atoms with Crippen LogP contribution in [0.3, 0.4) is 0 Å². The second kappa shape index (κ2) is 7.45. The van der Waals surface area contributed by atoms with Crippen molar-refractivity contribution in [2.24, 2.45) is 5.73 Å². The van der Waals surface area contributed by atoms with Crippen molar-refractivity contribution >= 4 is 5.91 Å². The summed E-state index contributed by atoms with van der Waals surface area (Å²) in [6, 6.07) is 9.49. The zero-order chi connectivity index (χ0) is 14.2. The van der Waals surface area contributed by atoms with E-state index in [9.17, 15) is 4.79 Å². The van der Waals surface area contributed by atoms with Gasteiger partial charge in [0.15, 0.2) is 0 Å². The van der Waals surface area contributed by atoms with Crippen molar-refractivity contribution in [2.45, 2.75) is 19.4 Å². The summed E-state index contributed by atoms with van der Waals surface area (Å²) < 4.78 is 1.86. The fourth-order valence-corrected chi connectivity index (χ4v) is 2.09. The minimum absolute atomic E-state index is 0.0329. The minimum atomic E-state index is -0.0329. The highest BCUT2D eigenvalue weighted by molar-refractivity contribution is 5.95. The molecule has 1 amide bonds. The molecule has 0 aliphatic carbocycles. The summed E-state index contributed by atoms with van der Waals surface area (Å²) in [7, 11) is 0. The molecule has 0 atom stereocenters. The predicted octanol–water partition coefficient (Wildman–Crippen LogP) is 1.20. The lowest BCUT2D eigenvalue weighted by atomic mass is 10.0. The van der Waals surface area contributed by atoms with E-state index in [1.54, 1.807) is 6.20 Å². The molecule has 2 aromatic rings. The zero-order valence-corrected chi connectivity index (χ0v) is 11.5. The second-order valence-electron chi connectivity index (χ2n) is 4.57. The maximum absolute atomic E-state index is 12.1. The highest BCUT2D eigenvalue weighted by atomic mass is 16.1. The van der Waals surface area contributed by atoms with Gasteiger partial charge in [-0.1, -0.05) is 18.2 Å². The topological polar surface area (TPSA) is 72.9 Å². The smallest absolute Gasteiger partial charge is 0.251 e. The van der Waals surface area contributed by atoms with E-state index in [1.807, 2.05) is 41.2 Å². The van der Waals surface area contributed by atoms with Gasteiger partial charge in [0.2, 0.25) is 0 Å². The van der Waals surface area contributed by atoms with Crippen LogP contribution in [0.1, 0.15) is 22.3 Å². The van der Waals surface area contributed by atoms with Crippen molar-refractivity contribution in [3.05, 3.63) is 53.9 Å². The standard InChI is InChI=1S/C15H20N4O/c16-8-7-13-5-1-2-6-14(13)15(20)17-9-3-11-19-12-4-10-18-19/h1-2,4-6,10,12H,3,7-9,11,16H2,(H,17,20). The minimum Gasteiger partial charge on any atom is -0.352 e. The van der Waals surface area contributed by atoms with E-state index in [2.05, 4.69) is 10.4 Å². The number of carbonyl (C=O) groups excluding carboxylic acids is 1. The summed E-state index contributed by atoms with van der Waals surface area (Å²) in [5.41, 5.74) is 7.28. The molecule has 0 saturated heterocycles. The molecule has 1 aromatic heterocycles. The molecule has 5 nitrogen and oxygen atoms in total. The normalized spacial score (nSPS) is 10.4. The Bertz CT molecular complexity index is 537. The molecule has 0 saturated carbocycles. The Morgan fingerprint density at radius 1 is 1.30 bits per heavy atom. The van der Waals surface area contributed by atoms with Crippen LogP contribution in [0.25, 0.3) is 0 Å². The van der Waals surface area contributed by atoms with Crippen molar-refractivity contribution in [3.8, 4) is 0 Å². The van der Waals surface area contributed by atoms with Crippen LogP contribution < -0.4 is 11.1 Å². The Balaban J connectivity index is 1.82. The number of nitrogens with one attached hydrogen (secondary N) is 1. The number of aryl methyl sites for hydroxylation is 1. The number of aromatic nitrogens is 2. The summed E-state index contributed by atoms with van der Waals surface area (Å²) in [6.07, 6.45) is 5.24. The monoisotopic (exact) mass is 272 g/mol. The van der Waals surface area contributed by atoms with Gasteiger partial charge in [-0.2, -0.15) is 5.10 Å². The molecule has 0 unspecified atom stereocenters. The van der Waals surface area contributed by atoms with Crippen LogP contribution in [0.5, 0.6) is 0 Å². The molecule has 0 spiro atoms. The van der Waals surface area contributed by atoms with Crippen LogP contribution in [0, 0.1) is 0 Å². The molecule has 3 N–H and O–H groups in total. The van der Waals surface area contributed by atoms with E-state index in [4.69, 9.17) is 5.73 Å². The largest absolute Gasteiger partial charge is 0.352 e. The van der Waals surface area contributed by atoms with Gasteiger partial charge in [-0.3, -0.25) is 9.48 Å². The number of hydrogen-bond donors (Lipinski definition) is 2. The quantitative estimate of drug-likeness (QED) is 0.744. The van der Waals surface area contributed by atoms with Crippen molar-refractivity contribution in [1.29, 1.82) is 0 Å². The Kier molecular flexibility index (Phi) is 5.32. The number of hydrogen-bond acceptors (Lipinski definition) is 3. The van der Waals surface area contributed by atoms with E-state index >= 15 is 0 Å². The molecule has 1 aromatic carbocycles. The summed E-state index contributed by atoms with van der Waals surface area (Å²) in [4.78, 5) is 12.1. The fourth-order valence-electron chi connectivity index (χ4n) is 2.09. The molecule has 0 aliphatic heterocycles. The molecule has 1 heterocycles.